The summed E-state index contributed by atoms with van der Waals surface area (Å²) in [6.07, 6.45) is 6.35. The van der Waals surface area contributed by atoms with E-state index in [1.54, 1.807) is 0 Å². The number of halogens is 1. The quantitative estimate of drug-likeness (QED) is 0.661. The van der Waals surface area contributed by atoms with Crippen molar-refractivity contribution in [3.8, 4) is 0 Å². The highest BCUT2D eigenvalue weighted by Gasteiger charge is 2.31. The predicted molar refractivity (Wildman–Crippen MR) is 103 cm³/mol. The van der Waals surface area contributed by atoms with Crippen LogP contribution < -0.4 is 0 Å². The van der Waals surface area contributed by atoms with Crippen molar-refractivity contribution in [2.45, 2.75) is 38.5 Å². The average Bonchev–Trinajstić information content (AvgIpc) is 2.90. The molecule has 0 N–H and O–H groups in total. The molecule has 130 valence electrons. The van der Waals surface area contributed by atoms with Gasteiger partial charge < -0.3 is 9.80 Å². The molecule has 2 heterocycles. The second-order valence-corrected chi connectivity index (χ2v) is 7.95. The van der Waals surface area contributed by atoms with Gasteiger partial charge in [0, 0.05) is 35.7 Å². The second-order valence-electron chi connectivity index (χ2n) is 6.79. The molecule has 0 spiro atoms. The van der Waals surface area contributed by atoms with Crippen molar-refractivity contribution in [3.05, 3.63) is 33.4 Å². The summed E-state index contributed by atoms with van der Waals surface area (Å²) < 4.78 is 0.989. The van der Waals surface area contributed by atoms with Crippen molar-refractivity contribution >= 4 is 34.4 Å². The molecule has 1 aromatic rings. The van der Waals surface area contributed by atoms with E-state index in [0.29, 0.717) is 19.0 Å². The molecule has 2 fully saturated rings. The third-order valence-corrected chi connectivity index (χ3v) is 6.09. The standard InChI is InChI=1S/C19H25IN2O2/c20-17-8-4-3-7-16(17)19(24)22-13-9-15(10-14-22)18(23)21-11-5-1-2-6-12-21/h3-4,7-8,15H,1-2,5-6,9-14H2. The monoisotopic (exact) mass is 440 g/mol. The number of nitrogens with zero attached hydrogens (tertiary/aromatic N) is 2. The van der Waals surface area contributed by atoms with E-state index in [9.17, 15) is 9.59 Å². The molecule has 0 aliphatic carbocycles. The highest BCUT2D eigenvalue weighted by atomic mass is 127. The van der Waals surface area contributed by atoms with Crippen molar-refractivity contribution in [1.82, 2.24) is 9.80 Å². The Labute approximate surface area is 157 Å². The molecule has 24 heavy (non-hydrogen) atoms. The van der Waals surface area contributed by atoms with Crippen molar-refractivity contribution in [2.24, 2.45) is 5.92 Å². The molecule has 0 unspecified atom stereocenters. The van der Waals surface area contributed by atoms with Crippen LogP contribution in [0, 0.1) is 9.49 Å². The Morgan fingerprint density at radius 1 is 0.875 bits per heavy atom. The molecule has 0 radical (unpaired) electrons. The average molecular weight is 440 g/mol. The van der Waals surface area contributed by atoms with Crippen LogP contribution in [0.3, 0.4) is 0 Å². The van der Waals surface area contributed by atoms with Gasteiger partial charge in [-0.05, 0) is 60.4 Å². The molecular formula is C19H25IN2O2. The van der Waals surface area contributed by atoms with Gasteiger partial charge in [-0.1, -0.05) is 25.0 Å². The number of rotatable bonds is 2. The lowest BCUT2D eigenvalue weighted by molar-refractivity contribution is -0.136. The maximum atomic E-state index is 12.7. The zero-order chi connectivity index (χ0) is 16.9. The molecule has 1 aromatic carbocycles. The lowest BCUT2D eigenvalue weighted by Gasteiger charge is -2.34. The van der Waals surface area contributed by atoms with Gasteiger partial charge in [-0.25, -0.2) is 0 Å². The molecule has 2 aliphatic heterocycles. The lowest BCUT2D eigenvalue weighted by Crippen LogP contribution is -2.44. The SMILES string of the molecule is O=C(c1ccccc1I)N1CCC(C(=O)N2CCCCCC2)CC1. The normalized spacial score (nSPS) is 19.9. The van der Waals surface area contributed by atoms with Crippen molar-refractivity contribution < 1.29 is 9.59 Å². The molecule has 2 saturated heterocycles. The van der Waals surface area contributed by atoms with Gasteiger partial charge in [0.05, 0.1) is 5.56 Å². The molecular weight excluding hydrogens is 415 g/mol. The van der Waals surface area contributed by atoms with Crippen molar-refractivity contribution in [3.63, 3.8) is 0 Å². The maximum absolute atomic E-state index is 12.7. The van der Waals surface area contributed by atoms with Crippen LogP contribution in [0.5, 0.6) is 0 Å². The van der Waals surface area contributed by atoms with Gasteiger partial charge in [-0.2, -0.15) is 0 Å². The van der Waals surface area contributed by atoms with Crippen LogP contribution >= 0.6 is 22.6 Å². The summed E-state index contributed by atoms with van der Waals surface area (Å²) in [4.78, 5) is 29.4. The fourth-order valence-electron chi connectivity index (χ4n) is 3.68. The summed E-state index contributed by atoms with van der Waals surface area (Å²) in [6.45, 7) is 3.21. The molecule has 3 rings (SSSR count). The van der Waals surface area contributed by atoms with E-state index in [1.807, 2.05) is 29.2 Å². The van der Waals surface area contributed by atoms with Crippen LogP contribution in [0.1, 0.15) is 48.9 Å². The number of likely N-dealkylation sites (tertiary alicyclic amines) is 2. The van der Waals surface area contributed by atoms with Crippen molar-refractivity contribution in [2.75, 3.05) is 26.2 Å². The Morgan fingerprint density at radius 2 is 1.50 bits per heavy atom. The highest BCUT2D eigenvalue weighted by Crippen LogP contribution is 2.24. The number of piperidine rings is 1. The minimum atomic E-state index is 0.0978. The van der Waals surface area contributed by atoms with Gasteiger partial charge in [0.15, 0.2) is 0 Å². The summed E-state index contributed by atoms with van der Waals surface area (Å²) >= 11 is 2.21. The number of hydrogen-bond acceptors (Lipinski definition) is 2. The van der Waals surface area contributed by atoms with Gasteiger partial charge in [0.1, 0.15) is 0 Å². The molecule has 0 bridgehead atoms. The largest absolute Gasteiger partial charge is 0.342 e. The Balaban J connectivity index is 1.56. The summed E-state index contributed by atoms with van der Waals surface area (Å²) in [5, 5.41) is 0. The van der Waals surface area contributed by atoms with Gasteiger partial charge in [0.2, 0.25) is 5.91 Å². The lowest BCUT2D eigenvalue weighted by atomic mass is 9.94. The van der Waals surface area contributed by atoms with E-state index in [-0.39, 0.29) is 11.8 Å². The fraction of sp³-hybridized carbons (Fsp3) is 0.579. The number of benzene rings is 1. The van der Waals surface area contributed by atoms with Crippen LogP contribution in [0.15, 0.2) is 24.3 Å². The molecule has 2 aliphatic rings. The first-order chi connectivity index (χ1) is 11.7. The smallest absolute Gasteiger partial charge is 0.254 e. The Kier molecular flexibility index (Phi) is 6.14. The molecule has 0 atom stereocenters. The van der Waals surface area contributed by atoms with Crippen LogP contribution in [-0.4, -0.2) is 47.8 Å². The van der Waals surface area contributed by atoms with Gasteiger partial charge >= 0.3 is 0 Å². The van der Waals surface area contributed by atoms with E-state index in [4.69, 9.17) is 0 Å². The second kappa shape index (κ2) is 8.32. The Morgan fingerprint density at radius 3 is 2.12 bits per heavy atom. The topological polar surface area (TPSA) is 40.6 Å². The predicted octanol–water partition coefficient (Wildman–Crippen LogP) is 3.55. The number of hydrogen-bond donors (Lipinski definition) is 0. The van der Waals surface area contributed by atoms with Crippen LogP contribution in [0.4, 0.5) is 0 Å². The van der Waals surface area contributed by atoms with E-state index in [0.717, 1.165) is 47.9 Å². The van der Waals surface area contributed by atoms with Gasteiger partial charge in [-0.15, -0.1) is 0 Å². The third kappa shape index (κ3) is 4.10. The first kappa shape index (κ1) is 17.7. The Hall–Kier alpha value is -1.11. The van der Waals surface area contributed by atoms with Crippen LogP contribution in [0.2, 0.25) is 0 Å². The van der Waals surface area contributed by atoms with Gasteiger partial charge in [0.25, 0.3) is 5.91 Å². The van der Waals surface area contributed by atoms with Crippen molar-refractivity contribution in [1.29, 1.82) is 0 Å². The van der Waals surface area contributed by atoms with E-state index >= 15 is 0 Å². The van der Waals surface area contributed by atoms with Crippen LogP contribution in [0.25, 0.3) is 0 Å². The summed E-state index contributed by atoms with van der Waals surface area (Å²) in [7, 11) is 0. The number of amides is 2. The van der Waals surface area contributed by atoms with E-state index < -0.39 is 0 Å². The van der Waals surface area contributed by atoms with Crippen LogP contribution in [-0.2, 0) is 4.79 Å². The fourth-order valence-corrected chi connectivity index (χ4v) is 4.30. The highest BCUT2D eigenvalue weighted by molar-refractivity contribution is 14.1. The minimum absolute atomic E-state index is 0.0978. The molecule has 0 aromatic heterocycles. The van der Waals surface area contributed by atoms with E-state index in [1.165, 1.54) is 12.8 Å². The first-order valence-electron chi connectivity index (χ1n) is 8.99. The molecule has 4 nitrogen and oxygen atoms in total. The molecule has 0 saturated carbocycles. The van der Waals surface area contributed by atoms with E-state index in [2.05, 4.69) is 27.5 Å². The molecule has 2 amide bonds. The minimum Gasteiger partial charge on any atom is -0.342 e. The summed E-state index contributed by atoms with van der Waals surface area (Å²) in [5.74, 6) is 0.515. The maximum Gasteiger partial charge on any atom is 0.254 e. The number of carbonyl (C=O) groups is 2. The third-order valence-electron chi connectivity index (χ3n) is 5.15. The Bertz CT molecular complexity index is 589. The summed E-state index contributed by atoms with van der Waals surface area (Å²) in [6, 6.07) is 7.71. The summed E-state index contributed by atoms with van der Waals surface area (Å²) in [5.41, 5.74) is 0.774. The first-order valence-corrected chi connectivity index (χ1v) is 10.1. The zero-order valence-corrected chi connectivity index (χ0v) is 16.2. The number of carbonyl (C=O) groups excluding carboxylic acids is 2. The molecule has 5 heteroatoms. The zero-order valence-electron chi connectivity index (χ0n) is 14.0. The van der Waals surface area contributed by atoms with Gasteiger partial charge in [-0.3, -0.25) is 9.59 Å².